The van der Waals surface area contributed by atoms with Gasteiger partial charge in [-0.1, -0.05) is 24.3 Å². The van der Waals surface area contributed by atoms with Gasteiger partial charge >= 0.3 is 0 Å². The highest BCUT2D eigenvalue weighted by Gasteiger charge is 2.43. The number of H-pyrrole nitrogens is 1. The van der Waals surface area contributed by atoms with Crippen LogP contribution in [0.15, 0.2) is 48.8 Å². The largest absolute Gasteiger partial charge is 0.368 e. The second kappa shape index (κ2) is 7.06. The zero-order valence-electron chi connectivity index (χ0n) is 16.0. The molecule has 0 aliphatic carbocycles. The molecule has 0 atom stereocenters. The topological polar surface area (TPSA) is 58.2 Å². The summed E-state index contributed by atoms with van der Waals surface area (Å²) in [6.45, 7) is 2.26. The molecule has 2 aromatic heterocycles. The first-order valence-electron chi connectivity index (χ1n) is 10.2. The van der Waals surface area contributed by atoms with Gasteiger partial charge in [-0.3, -0.25) is 9.78 Å². The van der Waals surface area contributed by atoms with E-state index in [1.165, 1.54) is 22.2 Å². The Hall–Kier alpha value is -2.66. The molecule has 1 aromatic carbocycles. The van der Waals surface area contributed by atoms with E-state index in [2.05, 4.69) is 34.2 Å². The fraction of sp³-hybridized carbons (Fsp3) is 0.391. The second-order valence-electron chi connectivity index (χ2n) is 7.86. The summed E-state index contributed by atoms with van der Waals surface area (Å²) in [5.41, 5.74) is 4.67. The summed E-state index contributed by atoms with van der Waals surface area (Å²) in [6.07, 6.45) is 7.55. The maximum Gasteiger partial charge on any atom is 0.222 e. The van der Waals surface area contributed by atoms with E-state index in [9.17, 15) is 4.79 Å². The third-order valence-electron chi connectivity index (χ3n) is 6.27. The van der Waals surface area contributed by atoms with Gasteiger partial charge in [0.05, 0.1) is 12.3 Å². The number of nitrogens with one attached hydrogen (secondary N) is 1. The molecule has 1 amide bonds. The summed E-state index contributed by atoms with van der Waals surface area (Å²) in [6, 6.07) is 12.4. The van der Waals surface area contributed by atoms with Crippen molar-refractivity contribution < 1.29 is 9.53 Å². The Morgan fingerprint density at radius 3 is 2.86 bits per heavy atom. The highest BCUT2D eigenvalue weighted by molar-refractivity contribution is 5.85. The number of amides is 1. The van der Waals surface area contributed by atoms with Crippen LogP contribution in [0.2, 0.25) is 0 Å². The van der Waals surface area contributed by atoms with Gasteiger partial charge in [0.15, 0.2) is 0 Å². The number of nitrogens with zero attached hydrogens (tertiary/aromatic N) is 2. The number of ether oxygens (including phenoxy) is 1. The molecule has 5 heteroatoms. The van der Waals surface area contributed by atoms with Crippen LogP contribution in [0.3, 0.4) is 0 Å². The molecule has 1 N–H and O–H groups in total. The first-order valence-corrected chi connectivity index (χ1v) is 10.2. The number of hydrogen-bond donors (Lipinski definition) is 1. The fourth-order valence-corrected chi connectivity index (χ4v) is 4.74. The molecule has 2 aliphatic heterocycles. The van der Waals surface area contributed by atoms with Gasteiger partial charge < -0.3 is 14.6 Å². The number of pyridine rings is 1. The fourth-order valence-electron chi connectivity index (χ4n) is 4.74. The van der Waals surface area contributed by atoms with E-state index < -0.39 is 0 Å². The van der Waals surface area contributed by atoms with Crippen LogP contribution >= 0.6 is 0 Å². The standard InChI is InChI=1S/C23H25N3O2/c27-21(8-7-17-4-3-12-24-16-17)26-13-10-23(11-14-26)22-19(9-15-28-23)18-5-1-2-6-20(18)25-22/h1-6,12,16,25H,7-11,13-15H2. The molecule has 1 fully saturated rings. The number of aryl methyl sites for hydroxylation is 1. The minimum atomic E-state index is -0.271. The van der Waals surface area contributed by atoms with Gasteiger partial charge in [0.2, 0.25) is 5.91 Å². The van der Waals surface area contributed by atoms with Crippen molar-refractivity contribution in [3.05, 3.63) is 65.6 Å². The van der Waals surface area contributed by atoms with E-state index in [1.54, 1.807) is 6.20 Å². The summed E-state index contributed by atoms with van der Waals surface area (Å²) in [7, 11) is 0. The van der Waals surface area contributed by atoms with Gasteiger partial charge in [-0.2, -0.15) is 0 Å². The SMILES string of the molecule is O=C(CCc1cccnc1)N1CCC2(CC1)OCCc1c2[nH]c2ccccc12. The lowest BCUT2D eigenvalue weighted by Gasteiger charge is -2.43. The zero-order chi connectivity index (χ0) is 19.0. The van der Waals surface area contributed by atoms with Crippen molar-refractivity contribution in [3.8, 4) is 0 Å². The summed E-state index contributed by atoms with van der Waals surface area (Å²) >= 11 is 0. The van der Waals surface area contributed by atoms with Crippen molar-refractivity contribution in [3.63, 3.8) is 0 Å². The number of piperidine rings is 1. The van der Waals surface area contributed by atoms with Crippen LogP contribution in [-0.4, -0.2) is 40.5 Å². The molecule has 28 heavy (non-hydrogen) atoms. The van der Waals surface area contributed by atoms with E-state index in [-0.39, 0.29) is 11.5 Å². The number of fused-ring (bicyclic) bond motifs is 4. The smallest absolute Gasteiger partial charge is 0.222 e. The van der Waals surface area contributed by atoms with Crippen LogP contribution in [0.5, 0.6) is 0 Å². The minimum Gasteiger partial charge on any atom is -0.368 e. The first kappa shape index (κ1) is 17.4. The molecule has 1 spiro atoms. The molecular formula is C23H25N3O2. The quantitative estimate of drug-likeness (QED) is 0.761. The highest BCUT2D eigenvalue weighted by Crippen LogP contribution is 2.43. The molecule has 144 valence electrons. The summed E-state index contributed by atoms with van der Waals surface area (Å²) in [5, 5.41) is 1.31. The Kier molecular flexibility index (Phi) is 4.40. The lowest BCUT2D eigenvalue weighted by molar-refractivity contribution is -0.141. The molecule has 0 unspecified atom stereocenters. The van der Waals surface area contributed by atoms with E-state index in [4.69, 9.17) is 4.74 Å². The predicted molar refractivity (Wildman–Crippen MR) is 108 cm³/mol. The Morgan fingerprint density at radius 1 is 1.18 bits per heavy atom. The molecule has 0 saturated carbocycles. The molecule has 0 bridgehead atoms. The molecular weight excluding hydrogens is 350 g/mol. The van der Waals surface area contributed by atoms with Crippen molar-refractivity contribution in [2.75, 3.05) is 19.7 Å². The molecule has 2 aliphatic rings. The van der Waals surface area contributed by atoms with Crippen molar-refractivity contribution >= 4 is 16.8 Å². The van der Waals surface area contributed by atoms with Gasteiger partial charge in [0.1, 0.15) is 5.60 Å². The highest BCUT2D eigenvalue weighted by atomic mass is 16.5. The minimum absolute atomic E-state index is 0.228. The van der Waals surface area contributed by atoms with Crippen LogP contribution in [-0.2, 0) is 28.0 Å². The van der Waals surface area contributed by atoms with E-state index in [0.29, 0.717) is 6.42 Å². The summed E-state index contributed by atoms with van der Waals surface area (Å²) < 4.78 is 6.34. The maximum absolute atomic E-state index is 12.7. The van der Waals surface area contributed by atoms with Crippen LogP contribution < -0.4 is 0 Å². The summed E-state index contributed by atoms with van der Waals surface area (Å²) in [4.78, 5) is 22.4. The van der Waals surface area contributed by atoms with Crippen molar-refractivity contribution in [1.82, 2.24) is 14.9 Å². The van der Waals surface area contributed by atoms with Crippen molar-refractivity contribution in [2.24, 2.45) is 0 Å². The van der Waals surface area contributed by atoms with Crippen LogP contribution in [0.4, 0.5) is 0 Å². The Balaban J connectivity index is 1.29. The van der Waals surface area contributed by atoms with Crippen LogP contribution in [0.1, 0.15) is 36.1 Å². The number of aromatic nitrogens is 2. The molecule has 5 nitrogen and oxygen atoms in total. The molecule has 0 radical (unpaired) electrons. The molecule has 4 heterocycles. The van der Waals surface area contributed by atoms with Gasteiger partial charge in [-0.05, 0) is 48.9 Å². The van der Waals surface area contributed by atoms with Crippen LogP contribution in [0.25, 0.3) is 10.9 Å². The molecule has 1 saturated heterocycles. The number of rotatable bonds is 3. The van der Waals surface area contributed by atoms with E-state index in [1.807, 2.05) is 23.2 Å². The Morgan fingerprint density at radius 2 is 2.04 bits per heavy atom. The van der Waals surface area contributed by atoms with Gasteiger partial charge in [-0.25, -0.2) is 0 Å². The third-order valence-corrected chi connectivity index (χ3v) is 6.27. The monoisotopic (exact) mass is 375 g/mol. The normalized spacial score (nSPS) is 18.4. The number of hydrogen-bond acceptors (Lipinski definition) is 3. The predicted octanol–water partition coefficient (Wildman–Crippen LogP) is 3.59. The Labute approximate surface area is 164 Å². The van der Waals surface area contributed by atoms with Gasteiger partial charge in [0.25, 0.3) is 0 Å². The average Bonchev–Trinajstić information content (AvgIpc) is 3.14. The van der Waals surface area contributed by atoms with E-state index in [0.717, 1.165) is 50.9 Å². The third kappa shape index (κ3) is 3.00. The number of para-hydroxylation sites is 1. The molecule has 3 aromatic rings. The maximum atomic E-state index is 12.7. The molecule has 5 rings (SSSR count). The number of carbonyl (C=O) groups excluding carboxylic acids is 1. The first-order chi connectivity index (χ1) is 13.8. The number of carbonyl (C=O) groups is 1. The average molecular weight is 375 g/mol. The van der Waals surface area contributed by atoms with Gasteiger partial charge in [0, 0.05) is 42.8 Å². The van der Waals surface area contributed by atoms with E-state index >= 15 is 0 Å². The number of benzene rings is 1. The number of aromatic amines is 1. The number of likely N-dealkylation sites (tertiary alicyclic amines) is 1. The lowest BCUT2D eigenvalue weighted by atomic mass is 9.83. The van der Waals surface area contributed by atoms with Gasteiger partial charge in [-0.15, -0.1) is 0 Å². The van der Waals surface area contributed by atoms with Crippen molar-refractivity contribution in [1.29, 1.82) is 0 Å². The zero-order valence-corrected chi connectivity index (χ0v) is 16.0. The second-order valence-corrected chi connectivity index (χ2v) is 7.86. The summed E-state index contributed by atoms with van der Waals surface area (Å²) in [5.74, 6) is 0.228. The lowest BCUT2D eigenvalue weighted by Crippen LogP contribution is -2.48. The van der Waals surface area contributed by atoms with Crippen molar-refractivity contribution in [2.45, 2.75) is 37.7 Å². The van der Waals surface area contributed by atoms with Crippen LogP contribution in [0, 0.1) is 0 Å². The Bertz CT molecular complexity index is 988.